The van der Waals surface area contributed by atoms with Gasteiger partial charge in [0.1, 0.15) is 0 Å². The number of nitrogens with one attached hydrogen (secondary N) is 1. The Balaban J connectivity index is 1.38. The number of piperidine rings is 1. The van der Waals surface area contributed by atoms with Crippen LogP contribution in [0.15, 0.2) is 23.1 Å². The van der Waals surface area contributed by atoms with E-state index < -0.39 is 25.4 Å². The number of sulfonamides is 1. The summed E-state index contributed by atoms with van der Waals surface area (Å²) in [5.74, 6) is -0.390. The standard InChI is InChI=1S/C21H30N2O5S2/c1-21(10-13-29(25,26)15-21)22-20(24)17-8-11-23(12-9-17)30(27,28)19-7-6-16-4-2-3-5-18(16)14-19/h6-7,14,17H,2-5,8-13,15H2,1H3,(H,22,24)/t21-/m1/s1. The topological polar surface area (TPSA) is 101 Å². The molecule has 1 amide bonds. The predicted molar refractivity (Wildman–Crippen MR) is 114 cm³/mol. The largest absolute Gasteiger partial charge is 0.350 e. The lowest BCUT2D eigenvalue weighted by molar-refractivity contribution is -0.127. The Morgan fingerprint density at radius 3 is 2.43 bits per heavy atom. The van der Waals surface area contributed by atoms with Crippen LogP contribution in [0.25, 0.3) is 0 Å². The fraction of sp³-hybridized carbons (Fsp3) is 0.667. The number of carbonyl (C=O) groups is 1. The normalized spacial score (nSPS) is 27.5. The highest BCUT2D eigenvalue weighted by atomic mass is 32.2. The maximum Gasteiger partial charge on any atom is 0.243 e. The lowest BCUT2D eigenvalue weighted by Crippen LogP contribution is -2.51. The zero-order valence-electron chi connectivity index (χ0n) is 17.4. The quantitative estimate of drug-likeness (QED) is 0.746. The van der Waals surface area contributed by atoms with Gasteiger partial charge in [-0.3, -0.25) is 4.79 Å². The van der Waals surface area contributed by atoms with Gasteiger partial charge in [0, 0.05) is 19.0 Å². The van der Waals surface area contributed by atoms with E-state index in [1.807, 2.05) is 12.1 Å². The van der Waals surface area contributed by atoms with Gasteiger partial charge in [-0.15, -0.1) is 0 Å². The summed E-state index contributed by atoms with van der Waals surface area (Å²) < 4.78 is 51.2. The fourth-order valence-electron chi connectivity index (χ4n) is 4.89. The van der Waals surface area contributed by atoms with Crippen LogP contribution in [-0.4, -0.2) is 57.2 Å². The van der Waals surface area contributed by atoms with E-state index in [9.17, 15) is 21.6 Å². The smallest absolute Gasteiger partial charge is 0.243 e. The van der Waals surface area contributed by atoms with E-state index in [0.717, 1.165) is 31.2 Å². The molecule has 1 aromatic rings. The zero-order valence-corrected chi connectivity index (χ0v) is 19.0. The van der Waals surface area contributed by atoms with E-state index in [4.69, 9.17) is 0 Å². The lowest BCUT2D eigenvalue weighted by Gasteiger charge is -2.33. The Hall–Kier alpha value is -1.45. The number of nitrogens with zero attached hydrogens (tertiary/aromatic N) is 1. The average Bonchev–Trinajstić information content (AvgIpc) is 3.00. The third kappa shape index (κ3) is 4.43. The van der Waals surface area contributed by atoms with Gasteiger partial charge in [0.2, 0.25) is 15.9 Å². The summed E-state index contributed by atoms with van der Waals surface area (Å²) in [5.41, 5.74) is 1.66. The zero-order chi connectivity index (χ0) is 21.6. The molecule has 0 unspecified atom stereocenters. The van der Waals surface area contributed by atoms with E-state index in [2.05, 4.69) is 5.32 Å². The second-order valence-electron chi connectivity index (χ2n) is 9.21. The molecule has 2 heterocycles. The summed E-state index contributed by atoms with van der Waals surface area (Å²) in [6.07, 6.45) is 5.49. The number of rotatable bonds is 4. The molecule has 0 aromatic heterocycles. The molecule has 1 atom stereocenters. The molecule has 0 spiro atoms. The van der Waals surface area contributed by atoms with Crippen LogP contribution in [0, 0.1) is 5.92 Å². The molecule has 1 aliphatic carbocycles. The van der Waals surface area contributed by atoms with Crippen LogP contribution in [0.1, 0.15) is 50.2 Å². The van der Waals surface area contributed by atoms with Gasteiger partial charge < -0.3 is 5.32 Å². The Labute approximate surface area is 179 Å². The third-order valence-electron chi connectivity index (χ3n) is 6.71. The van der Waals surface area contributed by atoms with Crippen molar-refractivity contribution in [3.05, 3.63) is 29.3 Å². The van der Waals surface area contributed by atoms with Crippen molar-refractivity contribution in [2.45, 2.75) is 62.3 Å². The first-order chi connectivity index (χ1) is 14.1. The first-order valence-electron chi connectivity index (χ1n) is 10.7. The second-order valence-corrected chi connectivity index (χ2v) is 13.3. The number of hydrogen-bond donors (Lipinski definition) is 1. The molecule has 1 aromatic carbocycles. The third-order valence-corrected chi connectivity index (χ3v) is 10.5. The molecular formula is C21H30N2O5S2. The van der Waals surface area contributed by atoms with Gasteiger partial charge in [0.05, 0.1) is 21.9 Å². The number of sulfone groups is 1. The van der Waals surface area contributed by atoms with Crippen molar-refractivity contribution in [3.8, 4) is 0 Å². The maximum atomic E-state index is 13.1. The fourth-order valence-corrected chi connectivity index (χ4v) is 8.50. The van der Waals surface area contributed by atoms with Gasteiger partial charge in [0.25, 0.3) is 0 Å². The van der Waals surface area contributed by atoms with Gasteiger partial charge >= 0.3 is 0 Å². The van der Waals surface area contributed by atoms with Crippen molar-refractivity contribution < 1.29 is 21.6 Å². The first kappa shape index (κ1) is 21.8. The number of amides is 1. The minimum atomic E-state index is -3.57. The number of hydrogen-bond acceptors (Lipinski definition) is 5. The molecule has 2 saturated heterocycles. The van der Waals surface area contributed by atoms with E-state index in [1.54, 1.807) is 13.0 Å². The Morgan fingerprint density at radius 2 is 1.80 bits per heavy atom. The SMILES string of the molecule is C[C@@]1(NC(=O)C2CCN(S(=O)(=O)c3ccc4c(c3)CCCC4)CC2)CCS(=O)(=O)C1. The van der Waals surface area contributed by atoms with E-state index >= 15 is 0 Å². The van der Waals surface area contributed by atoms with Crippen molar-refractivity contribution in [2.24, 2.45) is 5.92 Å². The van der Waals surface area contributed by atoms with Crippen LogP contribution >= 0.6 is 0 Å². The number of fused-ring (bicyclic) bond motifs is 1. The molecule has 166 valence electrons. The Kier molecular flexibility index (Phi) is 5.74. The van der Waals surface area contributed by atoms with Gasteiger partial charge in [0.15, 0.2) is 9.84 Å². The number of aryl methyl sites for hydroxylation is 2. The minimum absolute atomic E-state index is 0.0305. The summed E-state index contributed by atoms with van der Waals surface area (Å²) in [5, 5.41) is 2.91. The van der Waals surface area contributed by atoms with Crippen LogP contribution in [0.4, 0.5) is 0 Å². The van der Waals surface area contributed by atoms with Gasteiger partial charge in [-0.05, 0) is 75.1 Å². The molecule has 4 rings (SSSR count). The molecular weight excluding hydrogens is 424 g/mol. The molecule has 30 heavy (non-hydrogen) atoms. The van der Waals surface area contributed by atoms with E-state index in [-0.39, 0.29) is 23.3 Å². The van der Waals surface area contributed by atoms with E-state index in [0.29, 0.717) is 37.2 Å². The highest BCUT2D eigenvalue weighted by Gasteiger charge is 2.41. The van der Waals surface area contributed by atoms with Crippen molar-refractivity contribution in [1.82, 2.24) is 9.62 Å². The minimum Gasteiger partial charge on any atom is -0.350 e. The Morgan fingerprint density at radius 1 is 1.13 bits per heavy atom. The summed E-state index contributed by atoms with van der Waals surface area (Å²) >= 11 is 0. The molecule has 0 radical (unpaired) electrons. The second kappa shape index (κ2) is 7.91. The summed E-state index contributed by atoms with van der Waals surface area (Å²) in [4.78, 5) is 13.0. The molecule has 0 saturated carbocycles. The molecule has 1 N–H and O–H groups in total. The highest BCUT2D eigenvalue weighted by Crippen LogP contribution is 2.29. The van der Waals surface area contributed by atoms with E-state index in [1.165, 1.54) is 9.87 Å². The highest BCUT2D eigenvalue weighted by molar-refractivity contribution is 7.91. The van der Waals surface area contributed by atoms with Crippen LogP contribution < -0.4 is 5.32 Å². The maximum absolute atomic E-state index is 13.1. The molecule has 3 aliphatic rings. The molecule has 2 aliphatic heterocycles. The molecule has 9 heteroatoms. The van der Waals surface area contributed by atoms with Crippen molar-refractivity contribution >= 4 is 25.8 Å². The monoisotopic (exact) mass is 454 g/mol. The van der Waals surface area contributed by atoms with Crippen LogP contribution in [0.3, 0.4) is 0 Å². The van der Waals surface area contributed by atoms with Crippen LogP contribution in [-0.2, 0) is 37.5 Å². The predicted octanol–water partition coefficient (Wildman–Crippen LogP) is 1.66. The average molecular weight is 455 g/mol. The summed E-state index contributed by atoms with van der Waals surface area (Å²) in [6, 6.07) is 5.47. The van der Waals surface area contributed by atoms with Gasteiger partial charge in [-0.2, -0.15) is 4.31 Å². The van der Waals surface area contributed by atoms with Gasteiger partial charge in [-0.1, -0.05) is 6.07 Å². The molecule has 2 fully saturated rings. The Bertz CT molecular complexity index is 1040. The van der Waals surface area contributed by atoms with Crippen molar-refractivity contribution in [2.75, 3.05) is 24.6 Å². The van der Waals surface area contributed by atoms with Crippen molar-refractivity contribution in [3.63, 3.8) is 0 Å². The summed E-state index contributed by atoms with van der Waals surface area (Å²) in [7, 11) is -6.67. The van der Waals surface area contributed by atoms with Crippen molar-refractivity contribution in [1.29, 1.82) is 0 Å². The van der Waals surface area contributed by atoms with Crippen LogP contribution in [0.2, 0.25) is 0 Å². The summed E-state index contributed by atoms with van der Waals surface area (Å²) in [6.45, 7) is 2.37. The van der Waals surface area contributed by atoms with Gasteiger partial charge in [-0.25, -0.2) is 16.8 Å². The molecule has 0 bridgehead atoms. The number of benzene rings is 1. The first-order valence-corrected chi connectivity index (χ1v) is 14.0. The lowest BCUT2D eigenvalue weighted by atomic mass is 9.92. The number of carbonyl (C=O) groups excluding carboxylic acids is 1. The molecule has 7 nitrogen and oxygen atoms in total. The van der Waals surface area contributed by atoms with Crippen LogP contribution in [0.5, 0.6) is 0 Å².